The zero-order valence-corrected chi connectivity index (χ0v) is 26.2. The fourth-order valence-electron chi connectivity index (χ4n) is 5.47. The van der Waals surface area contributed by atoms with Gasteiger partial charge in [0.05, 0.1) is 38.6 Å². The van der Waals surface area contributed by atoms with Crippen LogP contribution in [0.25, 0.3) is 0 Å². The topological polar surface area (TPSA) is 261 Å². The highest BCUT2D eigenvalue weighted by atomic mass is 16.8. The fourth-order valence-corrected chi connectivity index (χ4v) is 5.47. The third-order valence-corrected chi connectivity index (χ3v) is 8.29. The second-order valence-corrected chi connectivity index (χ2v) is 11.4. The van der Waals surface area contributed by atoms with Gasteiger partial charge in [-0.05, 0) is 31.0 Å². The number of aromatic hydroxyl groups is 1. The molecule has 3 heterocycles. The lowest BCUT2D eigenvalue weighted by atomic mass is 9.86. The van der Waals surface area contributed by atoms with Crippen LogP contribution in [0.3, 0.4) is 0 Å². The molecule has 1 aromatic carbocycles. The molecule has 12 atom stereocenters. The summed E-state index contributed by atoms with van der Waals surface area (Å²) in [6.45, 7) is 0.335. The summed E-state index contributed by atoms with van der Waals surface area (Å²) in [4.78, 5) is 25.7. The minimum atomic E-state index is -1.75. The van der Waals surface area contributed by atoms with Gasteiger partial charge in [-0.3, -0.25) is 4.79 Å². The third-order valence-electron chi connectivity index (χ3n) is 8.29. The van der Waals surface area contributed by atoms with Gasteiger partial charge in [0.1, 0.15) is 61.2 Å². The van der Waals surface area contributed by atoms with Crippen molar-refractivity contribution >= 4 is 11.9 Å². The molecule has 2 saturated heterocycles. The number of carbonyl (C=O) groups excluding carboxylic acids is 2. The molecule has 8 N–H and O–H groups in total. The summed E-state index contributed by atoms with van der Waals surface area (Å²) in [6, 6.07) is 6.37. The number of hydrogen-bond donors (Lipinski definition) is 8. The maximum Gasteiger partial charge on any atom is 0.337 e. The number of aliphatic hydroxyl groups is 7. The molecule has 17 heteroatoms. The minimum absolute atomic E-state index is 0.0483. The largest absolute Gasteiger partial charge is 0.508 e. The third kappa shape index (κ3) is 8.68. The van der Waals surface area contributed by atoms with Gasteiger partial charge in [0.2, 0.25) is 6.29 Å². The highest BCUT2D eigenvalue weighted by Crippen LogP contribution is 2.36. The van der Waals surface area contributed by atoms with Crippen LogP contribution in [0.2, 0.25) is 0 Å². The number of hydrogen-bond acceptors (Lipinski definition) is 17. The highest BCUT2D eigenvalue weighted by Gasteiger charge is 2.48. The van der Waals surface area contributed by atoms with E-state index < -0.39 is 105 Å². The SMILES string of the molecule is C/C=C1\[C@@H](O[C@H]2O[C@@H](CO)[C@H](O)[C@@H](O)[C@@H]2O)OC=C(C(=O)OC)[C@@H]1CC(=O)OC[C@@H]1O[C@H](OCCc2ccc(O)cc2)[C@H](O)[C@@H](O)[C@@H]1O. The number of benzene rings is 1. The molecule has 4 rings (SSSR count). The van der Waals surface area contributed by atoms with E-state index in [1.165, 1.54) is 18.2 Å². The van der Waals surface area contributed by atoms with Gasteiger partial charge in [0.25, 0.3) is 0 Å². The highest BCUT2D eigenvalue weighted by molar-refractivity contribution is 5.90. The van der Waals surface area contributed by atoms with E-state index in [1.54, 1.807) is 19.1 Å². The molecule has 0 amide bonds. The first-order valence-electron chi connectivity index (χ1n) is 15.2. The smallest absolute Gasteiger partial charge is 0.337 e. The van der Waals surface area contributed by atoms with E-state index in [0.29, 0.717) is 6.42 Å². The Bertz CT molecular complexity index is 1280. The van der Waals surface area contributed by atoms with Crippen molar-refractivity contribution in [1.82, 2.24) is 0 Å². The lowest BCUT2D eigenvalue weighted by Gasteiger charge is -2.42. The summed E-state index contributed by atoms with van der Waals surface area (Å²) in [5.41, 5.74) is 0.922. The molecule has 17 nitrogen and oxygen atoms in total. The van der Waals surface area contributed by atoms with Crippen LogP contribution in [0.4, 0.5) is 0 Å². The molecule has 0 aromatic heterocycles. The molecule has 3 aliphatic heterocycles. The first-order valence-corrected chi connectivity index (χ1v) is 15.2. The fraction of sp³-hybridized carbons (Fsp3) is 0.613. The predicted molar refractivity (Wildman–Crippen MR) is 157 cm³/mol. The molecular weight excluding hydrogens is 644 g/mol. The van der Waals surface area contributed by atoms with Crippen molar-refractivity contribution in [3.8, 4) is 5.75 Å². The van der Waals surface area contributed by atoms with Gasteiger partial charge in [-0.25, -0.2) is 4.79 Å². The van der Waals surface area contributed by atoms with Crippen molar-refractivity contribution in [1.29, 1.82) is 0 Å². The number of allylic oxidation sites excluding steroid dienone is 1. The van der Waals surface area contributed by atoms with Crippen molar-refractivity contribution in [2.75, 3.05) is 26.9 Å². The Morgan fingerprint density at radius 3 is 2.12 bits per heavy atom. The molecule has 0 spiro atoms. The second-order valence-electron chi connectivity index (χ2n) is 11.4. The van der Waals surface area contributed by atoms with E-state index in [4.69, 9.17) is 33.2 Å². The van der Waals surface area contributed by atoms with E-state index in [9.17, 15) is 50.4 Å². The zero-order chi connectivity index (χ0) is 35.1. The molecule has 268 valence electrons. The Morgan fingerprint density at radius 2 is 1.50 bits per heavy atom. The normalized spacial score (nSPS) is 36.2. The first kappa shape index (κ1) is 37.6. The quantitative estimate of drug-likeness (QED) is 0.0834. The van der Waals surface area contributed by atoms with Gasteiger partial charge in [0.15, 0.2) is 12.6 Å². The Balaban J connectivity index is 1.39. The van der Waals surface area contributed by atoms with Crippen molar-refractivity contribution in [2.24, 2.45) is 5.92 Å². The number of methoxy groups -OCH3 is 1. The minimum Gasteiger partial charge on any atom is -0.508 e. The second kappa shape index (κ2) is 17.0. The molecule has 48 heavy (non-hydrogen) atoms. The van der Waals surface area contributed by atoms with Crippen LogP contribution in [0.1, 0.15) is 18.9 Å². The van der Waals surface area contributed by atoms with Crippen LogP contribution in [0.15, 0.2) is 47.7 Å². The predicted octanol–water partition coefficient (Wildman–Crippen LogP) is -2.52. The van der Waals surface area contributed by atoms with Gasteiger partial charge in [-0.2, -0.15) is 0 Å². The number of phenolic OH excluding ortho intramolecular Hbond substituents is 1. The van der Waals surface area contributed by atoms with Crippen LogP contribution in [-0.2, 0) is 49.2 Å². The summed E-state index contributed by atoms with van der Waals surface area (Å²) >= 11 is 0. The summed E-state index contributed by atoms with van der Waals surface area (Å²) in [5.74, 6) is -2.69. The van der Waals surface area contributed by atoms with E-state index in [1.807, 2.05) is 0 Å². The van der Waals surface area contributed by atoms with Crippen LogP contribution in [-0.4, -0.2) is 147 Å². The van der Waals surface area contributed by atoms with Gasteiger partial charge in [-0.15, -0.1) is 0 Å². The summed E-state index contributed by atoms with van der Waals surface area (Å²) in [7, 11) is 1.12. The Labute approximate surface area is 275 Å². The number of phenols is 1. The Kier molecular flexibility index (Phi) is 13.3. The van der Waals surface area contributed by atoms with Crippen molar-refractivity contribution in [3.05, 3.63) is 53.3 Å². The van der Waals surface area contributed by atoms with Crippen LogP contribution in [0.5, 0.6) is 5.75 Å². The average molecular weight is 687 g/mol. The van der Waals surface area contributed by atoms with E-state index in [-0.39, 0.29) is 23.5 Å². The molecule has 0 saturated carbocycles. The van der Waals surface area contributed by atoms with Gasteiger partial charge in [-0.1, -0.05) is 18.2 Å². The average Bonchev–Trinajstić information content (AvgIpc) is 3.08. The van der Waals surface area contributed by atoms with E-state index in [0.717, 1.165) is 18.9 Å². The molecule has 3 aliphatic rings. The van der Waals surface area contributed by atoms with Crippen molar-refractivity contribution < 1.29 is 83.6 Å². The van der Waals surface area contributed by atoms with Gasteiger partial charge in [0, 0.05) is 11.5 Å². The van der Waals surface area contributed by atoms with Crippen molar-refractivity contribution in [3.63, 3.8) is 0 Å². The summed E-state index contributed by atoms with van der Waals surface area (Å²) in [5, 5.41) is 80.8. The summed E-state index contributed by atoms with van der Waals surface area (Å²) in [6.07, 6.45) is -14.6. The maximum absolute atomic E-state index is 13.1. The summed E-state index contributed by atoms with van der Waals surface area (Å²) < 4.78 is 38.0. The maximum atomic E-state index is 13.1. The molecule has 2 fully saturated rings. The number of aliphatic hydroxyl groups excluding tert-OH is 7. The first-order chi connectivity index (χ1) is 22.9. The molecule has 0 radical (unpaired) electrons. The Morgan fingerprint density at radius 1 is 0.875 bits per heavy atom. The monoisotopic (exact) mass is 686 g/mol. The standard InChI is InChI=1S/C31H42O17/c1-3-16-17(18(28(41)42-2)12-45-29(16)48-31-27(40)24(37)22(35)19(11-32)46-31)10-21(34)44-13-20-23(36)25(38)26(39)30(47-20)43-9-8-14-4-6-15(33)7-5-14/h3-7,12,17,19-20,22-27,29-33,35-40H,8-11,13H2,1-2H3/b16-3-/t17-,19+,20+,22+,23-,24-,25+,26-,27+,29-,30+,31-/m1/s1. The Hall–Kier alpha value is -3.20. The lowest BCUT2D eigenvalue weighted by Crippen LogP contribution is -2.60. The molecule has 0 aliphatic carbocycles. The zero-order valence-electron chi connectivity index (χ0n) is 26.2. The number of esters is 2. The number of rotatable bonds is 12. The van der Waals surface area contributed by atoms with Crippen molar-refractivity contribution in [2.45, 2.75) is 87.5 Å². The van der Waals surface area contributed by atoms with Gasteiger partial charge >= 0.3 is 11.9 Å². The van der Waals surface area contributed by atoms with Crippen LogP contribution < -0.4 is 0 Å². The number of carbonyl (C=O) groups is 2. The molecule has 1 aromatic rings. The molecule has 0 bridgehead atoms. The molecular formula is C31H42O17. The van der Waals surface area contributed by atoms with E-state index in [2.05, 4.69) is 0 Å². The number of ether oxygens (including phenoxy) is 7. The van der Waals surface area contributed by atoms with Crippen LogP contribution >= 0.6 is 0 Å². The van der Waals surface area contributed by atoms with Gasteiger partial charge < -0.3 is 74.0 Å². The van der Waals surface area contributed by atoms with E-state index >= 15 is 0 Å². The molecule has 0 unspecified atom stereocenters. The lowest BCUT2D eigenvalue weighted by molar-refractivity contribution is -0.327. The van der Waals surface area contributed by atoms with Crippen LogP contribution in [0, 0.1) is 5.92 Å².